The van der Waals surface area contributed by atoms with Gasteiger partial charge >= 0.3 is 5.69 Å². The molecule has 1 saturated heterocycles. The SMILES string of the molecule is CC1CCCN(c2cc(Nc3ccccc3O)c([N+](=O)[O-])c3nonc23)C1. The first-order valence-electron chi connectivity index (χ1n) is 8.78. The smallest absolute Gasteiger partial charge is 0.324 e. The van der Waals surface area contributed by atoms with Crippen molar-refractivity contribution in [2.45, 2.75) is 19.8 Å². The molecule has 140 valence electrons. The van der Waals surface area contributed by atoms with Crippen molar-refractivity contribution in [2.75, 3.05) is 23.3 Å². The van der Waals surface area contributed by atoms with E-state index in [0.29, 0.717) is 17.1 Å². The summed E-state index contributed by atoms with van der Waals surface area (Å²) >= 11 is 0. The summed E-state index contributed by atoms with van der Waals surface area (Å²) in [5, 5.41) is 32.4. The van der Waals surface area contributed by atoms with E-state index in [9.17, 15) is 15.2 Å². The lowest BCUT2D eigenvalue weighted by Crippen LogP contribution is -2.34. The van der Waals surface area contributed by atoms with Crippen molar-refractivity contribution in [3.8, 4) is 5.75 Å². The van der Waals surface area contributed by atoms with Gasteiger partial charge in [0.15, 0.2) is 5.52 Å². The molecular weight excluding hydrogens is 350 g/mol. The third-order valence-electron chi connectivity index (χ3n) is 4.85. The number of hydrogen-bond acceptors (Lipinski definition) is 8. The number of aromatic hydroxyl groups is 1. The molecule has 1 unspecified atom stereocenters. The fraction of sp³-hybridized carbons (Fsp3) is 0.333. The molecule has 0 saturated carbocycles. The Bertz CT molecular complexity index is 1000. The first-order chi connectivity index (χ1) is 13.0. The number of rotatable bonds is 4. The Morgan fingerprint density at radius 2 is 2.07 bits per heavy atom. The number of fused-ring (bicyclic) bond motifs is 1. The average molecular weight is 369 g/mol. The monoisotopic (exact) mass is 369 g/mol. The van der Waals surface area contributed by atoms with E-state index in [1.54, 1.807) is 24.3 Å². The fourth-order valence-corrected chi connectivity index (χ4v) is 3.57. The molecule has 0 bridgehead atoms. The Kier molecular flexibility index (Phi) is 4.27. The molecular formula is C18H19N5O4. The summed E-state index contributed by atoms with van der Waals surface area (Å²) in [6, 6.07) is 8.26. The number of hydrogen-bond donors (Lipinski definition) is 2. The fourth-order valence-electron chi connectivity index (χ4n) is 3.57. The van der Waals surface area contributed by atoms with Gasteiger partial charge in [0.25, 0.3) is 0 Å². The predicted molar refractivity (Wildman–Crippen MR) is 100 cm³/mol. The molecule has 4 rings (SSSR count). The summed E-state index contributed by atoms with van der Waals surface area (Å²) in [6.07, 6.45) is 2.18. The molecule has 0 spiro atoms. The van der Waals surface area contributed by atoms with Crippen molar-refractivity contribution in [2.24, 2.45) is 5.92 Å². The van der Waals surface area contributed by atoms with Gasteiger partial charge < -0.3 is 15.3 Å². The standard InChI is InChI=1S/C18H19N5O4/c1-11-5-4-8-22(10-11)14-9-13(19-12-6-2-3-7-15(12)24)18(23(25)26)17-16(14)20-27-21-17/h2-3,6-7,9,11,19,24H,4-5,8,10H2,1H3. The van der Waals surface area contributed by atoms with E-state index in [2.05, 4.69) is 27.5 Å². The Labute approximate surface area is 154 Å². The summed E-state index contributed by atoms with van der Waals surface area (Å²) in [4.78, 5) is 13.4. The average Bonchev–Trinajstić information content (AvgIpc) is 3.12. The number of aromatic nitrogens is 2. The highest BCUT2D eigenvalue weighted by Crippen LogP contribution is 2.41. The lowest BCUT2D eigenvalue weighted by Gasteiger charge is -2.32. The second-order valence-corrected chi connectivity index (χ2v) is 6.85. The highest BCUT2D eigenvalue weighted by molar-refractivity contribution is 6.00. The van der Waals surface area contributed by atoms with Crippen molar-refractivity contribution in [1.29, 1.82) is 0 Å². The number of anilines is 3. The Balaban J connectivity index is 1.87. The molecule has 1 atom stereocenters. The maximum absolute atomic E-state index is 11.7. The van der Waals surface area contributed by atoms with E-state index in [-0.39, 0.29) is 22.6 Å². The molecule has 0 aliphatic carbocycles. The molecule has 1 aliphatic heterocycles. The molecule has 9 heteroatoms. The second-order valence-electron chi connectivity index (χ2n) is 6.85. The van der Waals surface area contributed by atoms with E-state index in [1.165, 1.54) is 6.07 Å². The Hall–Kier alpha value is -3.36. The van der Waals surface area contributed by atoms with Gasteiger partial charge in [-0.25, -0.2) is 4.63 Å². The summed E-state index contributed by atoms with van der Waals surface area (Å²) in [6.45, 7) is 3.84. The van der Waals surface area contributed by atoms with E-state index >= 15 is 0 Å². The van der Waals surface area contributed by atoms with Gasteiger partial charge in [0, 0.05) is 13.1 Å². The largest absolute Gasteiger partial charge is 0.506 e. The van der Waals surface area contributed by atoms with Crippen molar-refractivity contribution in [3.63, 3.8) is 0 Å². The Morgan fingerprint density at radius 3 is 2.81 bits per heavy atom. The number of nitro groups is 1. The molecule has 0 radical (unpaired) electrons. The van der Waals surface area contributed by atoms with Gasteiger partial charge in [-0.1, -0.05) is 19.1 Å². The minimum Gasteiger partial charge on any atom is -0.506 e. The van der Waals surface area contributed by atoms with E-state index < -0.39 is 4.92 Å². The van der Waals surface area contributed by atoms with Crippen LogP contribution in [0.1, 0.15) is 19.8 Å². The first kappa shape index (κ1) is 17.1. The van der Waals surface area contributed by atoms with Crippen LogP contribution in [0.4, 0.5) is 22.7 Å². The molecule has 1 aliphatic rings. The van der Waals surface area contributed by atoms with Crippen LogP contribution in [-0.4, -0.2) is 33.4 Å². The van der Waals surface area contributed by atoms with Crippen molar-refractivity contribution < 1.29 is 14.7 Å². The molecule has 1 fully saturated rings. The number of benzene rings is 2. The maximum atomic E-state index is 11.7. The summed E-state index contributed by atoms with van der Waals surface area (Å²) in [5.41, 5.74) is 1.57. The van der Waals surface area contributed by atoms with Gasteiger partial charge in [-0.05, 0) is 47.3 Å². The van der Waals surface area contributed by atoms with Crippen LogP contribution in [0.3, 0.4) is 0 Å². The zero-order valence-corrected chi connectivity index (χ0v) is 14.8. The minimum absolute atomic E-state index is 0.00156. The van der Waals surface area contributed by atoms with Crippen LogP contribution in [0.2, 0.25) is 0 Å². The third-order valence-corrected chi connectivity index (χ3v) is 4.85. The van der Waals surface area contributed by atoms with Gasteiger partial charge in [0.2, 0.25) is 5.52 Å². The van der Waals surface area contributed by atoms with Gasteiger partial charge in [-0.15, -0.1) is 0 Å². The molecule has 27 heavy (non-hydrogen) atoms. The summed E-state index contributed by atoms with van der Waals surface area (Å²) in [7, 11) is 0. The van der Waals surface area contributed by atoms with Crippen LogP contribution in [0.25, 0.3) is 11.0 Å². The topological polar surface area (TPSA) is 118 Å². The van der Waals surface area contributed by atoms with Gasteiger partial charge in [-0.3, -0.25) is 10.1 Å². The Morgan fingerprint density at radius 1 is 1.30 bits per heavy atom. The minimum atomic E-state index is -0.516. The molecule has 9 nitrogen and oxygen atoms in total. The van der Waals surface area contributed by atoms with Crippen molar-refractivity contribution in [3.05, 3.63) is 40.4 Å². The number of para-hydroxylation sites is 2. The van der Waals surface area contributed by atoms with Crippen LogP contribution in [-0.2, 0) is 0 Å². The number of phenolic OH excluding ortho intramolecular Hbond substituents is 1. The quantitative estimate of drug-likeness (QED) is 0.405. The number of phenols is 1. The van der Waals surface area contributed by atoms with Crippen LogP contribution in [0, 0.1) is 16.0 Å². The van der Waals surface area contributed by atoms with Crippen molar-refractivity contribution in [1.82, 2.24) is 10.3 Å². The van der Waals surface area contributed by atoms with Gasteiger partial charge in [-0.2, -0.15) is 0 Å². The number of nitro benzene ring substituents is 1. The number of nitrogens with zero attached hydrogens (tertiary/aromatic N) is 4. The summed E-state index contributed by atoms with van der Waals surface area (Å²) in [5.74, 6) is 0.511. The third kappa shape index (κ3) is 3.12. The molecule has 2 N–H and O–H groups in total. The molecule has 0 amide bonds. The zero-order valence-electron chi connectivity index (χ0n) is 14.8. The number of nitrogens with one attached hydrogen (secondary N) is 1. The zero-order chi connectivity index (χ0) is 19.0. The second kappa shape index (κ2) is 6.75. The van der Waals surface area contributed by atoms with Gasteiger partial charge in [0.05, 0.1) is 16.3 Å². The van der Waals surface area contributed by atoms with Crippen LogP contribution < -0.4 is 10.2 Å². The summed E-state index contributed by atoms with van der Waals surface area (Å²) < 4.78 is 4.83. The molecule has 3 aromatic rings. The first-order valence-corrected chi connectivity index (χ1v) is 8.78. The predicted octanol–water partition coefficient (Wildman–Crippen LogP) is 3.82. The van der Waals surface area contributed by atoms with Crippen LogP contribution in [0.5, 0.6) is 5.75 Å². The van der Waals surface area contributed by atoms with E-state index in [4.69, 9.17) is 4.63 Å². The van der Waals surface area contributed by atoms with E-state index in [0.717, 1.165) is 31.6 Å². The maximum Gasteiger partial charge on any atom is 0.324 e. The van der Waals surface area contributed by atoms with Gasteiger partial charge in [0.1, 0.15) is 11.4 Å². The normalized spacial score (nSPS) is 17.2. The molecule has 2 aromatic carbocycles. The van der Waals surface area contributed by atoms with Crippen molar-refractivity contribution >= 4 is 33.8 Å². The molecule has 2 heterocycles. The van der Waals surface area contributed by atoms with E-state index in [1.807, 2.05) is 0 Å². The lowest BCUT2D eigenvalue weighted by molar-refractivity contribution is -0.382. The highest BCUT2D eigenvalue weighted by Gasteiger charge is 2.29. The molecule has 1 aromatic heterocycles. The lowest BCUT2D eigenvalue weighted by atomic mass is 9.99. The van der Waals surface area contributed by atoms with Crippen LogP contribution in [0.15, 0.2) is 35.0 Å². The van der Waals surface area contributed by atoms with Crippen LogP contribution >= 0.6 is 0 Å². The number of piperidine rings is 1. The highest BCUT2D eigenvalue weighted by atomic mass is 16.6.